The average molecular weight is 625 g/mol. The fourth-order valence-corrected chi connectivity index (χ4v) is 5.19. The summed E-state index contributed by atoms with van der Waals surface area (Å²) in [5.41, 5.74) is 2.64. The predicted octanol–water partition coefficient (Wildman–Crippen LogP) is -1.78. The number of carbonyl (C=O) groups is 4. The number of carbonyl (C=O) groups excluding carboxylic acids is 3. The Balaban J connectivity index is -0.00000420. The van der Waals surface area contributed by atoms with E-state index in [4.69, 9.17) is 9.47 Å². The first kappa shape index (κ1) is 40.3. The number of amides is 2. The number of ether oxygens (including phenoxy) is 2. The van der Waals surface area contributed by atoms with Crippen LogP contribution in [-0.2, 0) is 34.8 Å². The van der Waals surface area contributed by atoms with Gasteiger partial charge in [-0.2, -0.15) is 0 Å². The molecule has 0 aromatic heterocycles. The second-order valence-corrected chi connectivity index (χ2v) is 12.5. The molecule has 2 aromatic carbocycles. The van der Waals surface area contributed by atoms with E-state index in [1.165, 1.54) is 20.8 Å². The van der Waals surface area contributed by atoms with E-state index in [0.717, 1.165) is 11.1 Å². The SMILES string of the molecule is CC(OC(=O)N[C@@H](C)P(=O)(O)C[C@@H](Cc1ccc(-c2ccccc2)cc1)C(=O)N[C@@H](C)C(=O)O)OC(=O)C(C)C.[H-].[H-].[Na+].[Na+]. The van der Waals surface area contributed by atoms with Gasteiger partial charge < -0.3 is 33.0 Å². The van der Waals surface area contributed by atoms with Crippen molar-refractivity contribution >= 4 is 31.3 Å². The van der Waals surface area contributed by atoms with E-state index < -0.39 is 67.4 Å². The van der Waals surface area contributed by atoms with Crippen LogP contribution in [0.2, 0.25) is 0 Å². The summed E-state index contributed by atoms with van der Waals surface area (Å²) in [5, 5.41) is 13.8. The maximum Gasteiger partial charge on any atom is 1.00 e. The number of esters is 1. The number of rotatable bonds is 13. The van der Waals surface area contributed by atoms with Crippen LogP contribution in [0.25, 0.3) is 11.1 Å². The summed E-state index contributed by atoms with van der Waals surface area (Å²) in [4.78, 5) is 59.0. The van der Waals surface area contributed by atoms with E-state index >= 15 is 0 Å². The Morgan fingerprint density at radius 1 is 0.857 bits per heavy atom. The standard InChI is InChI=1S/C28H37N2O9P.2Na.2H/c1-17(2)27(34)38-20(5)39-28(35)30-19(4)40(36,37)16-24(25(31)29-18(3)26(32)33)15-21-11-13-23(14-12-21)22-9-7-6-8-10-22;;;;/h6-14,17-20,24H,15-16H2,1-5H3,(H,29,31)(H,30,35)(H,32,33)(H,36,37);;;;/q;2*+1;2*-1/t18-,19+,20?,24+;;;;/m0..../s1. The van der Waals surface area contributed by atoms with Crippen LogP contribution in [0.3, 0.4) is 0 Å². The predicted molar refractivity (Wildman–Crippen MR) is 151 cm³/mol. The number of carboxylic acids is 1. The zero-order chi connectivity index (χ0) is 30.0. The normalized spacial score (nSPS) is 14.8. The zero-order valence-corrected chi connectivity index (χ0v) is 30.1. The second-order valence-electron chi connectivity index (χ2n) is 9.86. The molecule has 2 amide bonds. The summed E-state index contributed by atoms with van der Waals surface area (Å²) in [6.07, 6.45) is -2.79. The number of carboxylic acid groups (broad SMARTS) is 1. The Hall–Kier alpha value is -1.69. The monoisotopic (exact) mass is 624 g/mol. The van der Waals surface area contributed by atoms with Gasteiger partial charge in [-0.1, -0.05) is 68.4 Å². The van der Waals surface area contributed by atoms with Gasteiger partial charge >= 0.3 is 77.1 Å². The summed E-state index contributed by atoms with van der Waals surface area (Å²) >= 11 is 0. The Bertz CT molecular complexity index is 1240. The van der Waals surface area contributed by atoms with E-state index in [2.05, 4.69) is 10.6 Å². The molecule has 0 spiro atoms. The van der Waals surface area contributed by atoms with Gasteiger partial charge in [0, 0.05) is 13.1 Å². The number of alkyl carbamates (subject to hydrolysis) is 1. The zero-order valence-electron chi connectivity index (χ0n) is 27.2. The van der Waals surface area contributed by atoms with Gasteiger partial charge in [0.25, 0.3) is 0 Å². The third kappa shape index (κ3) is 13.3. The number of benzene rings is 2. The van der Waals surface area contributed by atoms with Crippen LogP contribution < -0.4 is 69.7 Å². The molecule has 0 radical (unpaired) electrons. The molecule has 0 saturated heterocycles. The average Bonchev–Trinajstić information content (AvgIpc) is 2.88. The summed E-state index contributed by atoms with van der Waals surface area (Å²) in [6, 6.07) is 15.8. The molecule has 222 valence electrons. The van der Waals surface area contributed by atoms with Crippen LogP contribution in [-0.4, -0.2) is 58.2 Å². The topological polar surface area (TPSA) is 168 Å². The van der Waals surface area contributed by atoms with Crippen molar-refractivity contribution in [1.82, 2.24) is 10.6 Å². The van der Waals surface area contributed by atoms with Crippen LogP contribution in [0, 0.1) is 11.8 Å². The first-order chi connectivity index (χ1) is 18.7. The smallest absolute Gasteiger partial charge is 1.00 e. The summed E-state index contributed by atoms with van der Waals surface area (Å²) in [6.45, 7) is 7.13. The molecular weight excluding hydrogens is 585 g/mol. The Labute approximate surface area is 293 Å². The van der Waals surface area contributed by atoms with Gasteiger partial charge in [-0.25, -0.2) is 4.79 Å². The van der Waals surface area contributed by atoms with Crippen molar-refractivity contribution in [1.29, 1.82) is 0 Å². The van der Waals surface area contributed by atoms with E-state index in [9.17, 15) is 33.7 Å². The molecule has 0 saturated carbocycles. The molecule has 0 aliphatic rings. The van der Waals surface area contributed by atoms with E-state index in [1.54, 1.807) is 26.0 Å². The molecule has 0 heterocycles. The third-order valence-electron chi connectivity index (χ3n) is 6.08. The minimum absolute atomic E-state index is 0. The van der Waals surface area contributed by atoms with Crippen LogP contribution >= 0.6 is 7.37 Å². The van der Waals surface area contributed by atoms with Crippen LogP contribution in [0.5, 0.6) is 0 Å². The molecule has 0 aliphatic heterocycles. The molecular formula is C28H39N2Na2O9P. The van der Waals surface area contributed by atoms with Crippen molar-refractivity contribution in [3.63, 3.8) is 0 Å². The molecule has 11 nitrogen and oxygen atoms in total. The number of nitrogens with one attached hydrogen (secondary N) is 2. The van der Waals surface area contributed by atoms with Crippen molar-refractivity contribution in [2.75, 3.05) is 6.16 Å². The van der Waals surface area contributed by atoms with Gasteiger partial charge in [0.2, 0.25) is 19.6 Å². The fraction of sp³-hybridized carbons (Fsp3) is 0.429. The van der Waals surface area contributed by atoms with Crippen molar-refractivity contribution in [3.05, 3.63) is 60.2 Å². The molecule has 2 aromatic rings. The van der Waals surface area contributed by atoms with Crippen LogP contribution in [0.4, 0.5) is 4.79 Å². The maximum absolute atomic E-state index is 13.3. The molecule has 2 unspecified atom stereocenters. The molecule has 14 heteroatoms. The van der Waals surface area contributed by atoms with Gasteiger partial charge in [0.15, 0.2) is 0 Å². The quantitative estimate of drug-likeness (QED) is 0.0872. The first-order valence-electron chi connectivity index (χ1n) is 12.9. The van der Waals surface area contributed by atoms with Crippen molar-refractivity contribution < 1.29 is 105 Å². The number of aliphatic carboxylic acids is 1. The fourth-order valence-electron chi connectivity index (χ4n) is 3.64. The first-order valence-corrected chi connectivity index (χ1v) is 14.8. The van der Waals surface area contributed by atoms with Gasteiger partial charge in [-0.3, -0.25) is 18.9 Å². The summed E-state index contributed by atoms with van der Waals surface area (Å²) in [5.74, 6) is -5.38. The van der Waals surface area contributed by atoms with E-state index in [1.807, 2.05) is 42.5 Å². The molecule has 2 rings (SSSR count). The molecule has 0 bridgehead atoms. The molecule has 4 N–H and O–H groups in total. The Kier molecular flexibility index (Phi) is 18.1. The maximum atomic E-state index is 13.3. The molecule has 0 aliphatic carbocycles. The van der Waals surface area contributed by atoms with E-state index in [-0.39, 0.29) is 68.4 Å². The summed E-state index contributed by atoms with van der Waals surface area (Å²) < 4.78 is 23.2. The van der Waals surface area contributed by atoms with Gasteiger partial charge in [0.05, 0.1) is 11.8 Å². The van der Waals surface area contributed by atoms with Crippen molar-refractivity contribution in [2.24, 2.45) is 11.8 Å². The van der Waals surface area contributed by atoms with Crippen LogP contribution in [0.1, 0.15) is 43.0 Å². The molecule has 0 fully saturated rings. The van der Waals surface area contributed by atoms with Gasteiger partial charge in [0.1, 0.15) is 11.8 Å². The second kappa shape index (κ2) is 18.9. The Morgan fingerprint density at radius 3 is 1.93 bits per heavy atom. The van der Waals surface area contributed by atoms with Crippen molar-refractivity contribution in [3.8, 4) is 11.1 Å². The van der Waals surface area contributed by atoms with Crippen LogP contribution in [0.15, 0.2) is 54.6 Å². The van der Waals surface area contributed by atoms with Gasteiger partial charge in [-0.15, -0.1) is 0 Å². The molecule has 42 heavy (non-hydrogen) atoms. The number of hydrogen-bond donors (Lipinski definition) is 4. The van der Waals surface area contributed by atoms with E-state index in [0.29, 0.717) is 5.56 Å². The Morgan fingerprint density at radius 2 is 1.40 bits per heavy atom. The minimum atomic E-state index is -4.22. The number of hydrogen-bond acceptors (Lipinski definition) is 7. The minimum Gasteiger partial charge on any atom is -1.00 e. The third-order valence-corrected chi connectivity index (χ3v) is 8.39. The summed E-state index contributed by atoms with van der Waals surface area (Å²) in [7, 11) is -4.22. The van der Waals surface area contributed by atoms with Gasteiger partial charge in [-0.05, 0) is 37.0 Å². The largest absolute Gasteiger partial charge is 1.00 e. The molecule has 5 atom stereocenters. The van der Waals surface area contributed by atoms with Crippen molar-refractivity contribution in [2.45, 2.75) is 59.2 Å².